The molecule has 0 saturated carbocycles. The van der Waals surface area contributed by atoms with Crippen LogP contribution in [0.5, 0.6) is 0 Å². The Kier molecular flexibility index (Phi) is 5.25. The number of carbonyl (C=O) groups excluding carboxylic acids is 1. The molecule has 6 nitrogen and oxygen atoms in total. The van der Waals surface area contributed by atoms with Gasteiger partial charge in [-0.1, -0.05) is 6.07 Å². The van der Waals surface area contributed by atoms with E-state index in [0.29, 0.717) is 38.3 Å². The normalized spacial score (nSPS) is 22.3. The molecule has 0 radical (unpaired) electrons. The Labute approximate surface area is 140 Å². The lowest BCUT2D eigenvalue weighted by molar-refractivity contribution is 0.0772. The Morgan fingerprint density at radius 2 is 2.09 bits per heavy atom. The van der Waals surface area contributed by atoms with Crippen LogP contribution in [-0.4, -0.2) is 63.1 Å². The molecule has 0 unspecified atom stereocenters. The van der Waals surface area contributed by atoms with E-state index >= 15 is 0 Å². The lowest BCUT2D eigenvalue weighted by Crippen LogP contribution is -2.38. The largest absolute Gasteiger partial charge is 0.380 e. The second-order valence-electron chi connectivity index (χ2n) is 5.61. The average molecular weight is 356 g/mol. The van der Waals surface area contributed by atoms with Crippen LogP contribution in [0.2, 0.25) is 0 Å². The van der Waals surface area contributed by atoms with E-state index < -0.39 is 10.0 Å². The van der Waals surface area contributed by atoms with E-state index in [-0.39, 0.29) is 16.8 Å². The summed E-state index contributed by atoms with van der Waals surface area (Å²) in [5.41, 5.74) is 0.419. The molecule has 1 N–H and O–H groups in total. The smallest absolute Gasteiger partial charge is 0.253 e. The first kappa shape index (κ1) is 16.8. The molecule has 2 heterocycles. The summed E-state index contributed by atoms with van der Waals surface area (Å²) in [5.74, 6) is 1.74. The van der Waals surface area contributed by atoms with Gasteiger partial charge in [-0.05, 0) is 24.6 Å². The van der Waals surface area contributed by atoms with Gasteiger partial charge in [-0.15, -0.1) is 0 Å². The van der Waals surface area contributed by atoms with Gasteiger partial charge < -0.3 is 9.64 Å². The summed E-state index contributed by atoms with van der Waals surface area (Å²) < 4.78 is 32.7. The van der Waals surface area contributed by atoms with Crippen LogP contribution in [-0.2, 0) is 14.8 Å². The monoisotopic (exact) mass is 356 g/mol. The second kappa shape index (κ2) is 7.21. The maximum Gasteiger partial charge on any atom is 0.253 e. The quantitative estimate of drug-likeness (QED) is 0.869. The molecular weight excluding hydrogens is 336 g/mol. The molecule has 126 valence electrons. The van der Waals surface area contributed by atoms with Crippen molar-refractivity contribution in [1.29, 1.82) is 0 Å². The van der Waals surface area contributed by atoms with Crippen LogP contribution in [0.25, 0.3) is 0 Å². The molecule has 0 aliphatic carbocycles. The van der Waals surface area contributed by atoms with Crippen molar-refractivity contribution in [2.24, 2.45) is 0 Å². The van der Waals surface area contributed by atoms with Gasteiger partial charge in [-0.25, -0.2) is 13.1 Å². The number of nitrogens with zero attached hydrogens (tertiary/aromatic N) is 1. The Morgan fingerprint density at radius 3 is 2.78 bits per heavy atom. The summed E-state index contributed by atoms with van der Waals surface area (Å²) in [7, 11) is -3.64. The zero-order valence-corrected chi connectivity index (χ0v) is 14.4. The fraction of sp³-hybridized carbons (Fsp3) is 0.533. The average Bonchev–Trinajstić information content (AvgIpc) is 3.07. The van der Waals surface area contributed by atoms with Crippen LogP contribution in [0.1, 0.15) is 16.8 Å². The SMILES string of the molecule is O=C(c1cccc(S(=O)(=O)N[C@H]2CCOC2)c1)N1CCSCC1. The van der Waals surface area contributed by atoms with Crippen molar-refractivity contribution in [3.8, 4) is 0 Å². The number of rotatable bonds is 4. The van der Waals surface area contributed by atoms with Crippen molar-refractivity contribution in [2.75, 3.05) is 37.8 Å². The standard InChI is InChI=1S/C15H20N2O4S2/c18-15(17-5-8-22-9-6-17)12-2-1-3-14(10-12)23(19,20)16-13-4-7-21-11-13/h1-3,10,13,16H,4-9,11H2/t13-/m0/s1. The van der Waals surface area contributed by atoms with Crippen LogP contribution in [0.15, 0.2) is 29.2 Å². The number of sulfonamides is 1. The van der Waals surface area contributed by atoms with Crippen LogP contribution < -0.4 is 4.72 Å². The van der Waals surface area contributed by atoms with Crippen molar-refractivity contribution in [2.45, 2.75) is 17.4 Å². The Morgan fingerprint density at radius 1 is 1.30 bits per heavy atom. The molecule has 23 heavy (non-hydrogen) atoms. The highest BCUT2D eigenvalue weighted by molar-refractivity contribution is 7.99. The molecule has 2 aliphatic rings. The first-order valence-corrected chi connectivity index (χ1v) is 10.3. The van der Waals surface area contributed by atoms with Crippen molar-refractivity contribution in [1.82, 2.24) is 9.62 Å². The van der Waals surface area contributed by atoms with E-state index in [4.69, 9.17) is 4.74 Å². The topological polar surface area (TPSA) is 75.7 Å². The number of benzene rings is 1. The zero-order valence-electron chi connectivity index (χ0n) is 12.7. The number of thioether (sulfide) groups is 1. The number of hydrogen-bond donors (Lipinski definition) is 1. The summed E-state index contributed by atoms with van der Waals surface area (Å²) in [5, 5.41) is 0. The Balaban J connectivity index is 1.77. The number of amides is 1. The second-order valence-corrected chi connectivity index (χ2v) is 8.55. The van der Waals surface area contributed by atoms with Crippen LogP contribution in [0.3, 0.4) is 0 Å². The van der Waals surface area contributed by atoms with Gasteiger partial charge in [0.1, 0.15) is 0 Å². The van der Waals surface area contributed by atoms with Gasteiger partial charge in [0, 0.05) is 42.8 Å². The fourth-order valence-electron chi connectivity index (χ4n) is 2.66. The lowest BCUT2D eigenvalue weighted by Gasteiger charge is -2.26. The third-order valence-electron chi connectivity index (χ3n) is 3.94. The van der Waals surface area contributed by atoms with E-state index in [9.17, 15) is 13.2 Å². The maximum atomic E-state index is 12.5. The highest BCUT2D eigenvalue weighted by Crippen LogP contribution is 2.17. The molecule has 0 aromatic heterocycles. The Bertz CT molecular complexity index is 666. The fourth-order valence-corrected chi connectivity index (χ4v) is 4.86. The van der Waals surface area contributed by atoms with Gasteiger partial charge in [0.15, 0.2) is 0 Å². The third kappa shape index (κ3) is 4.06. The van der Waals surface area contributed by atoms with Gasteiger partial charge in [0.25, 0.3) is 5.91 Å². The minimum atomic E-state index is -3.64. The lowest BCUT2D eigenvalue weighted by atomic mass is 10.2. The molecule has 1 atom stereocenters. The minimum Gasteiger partial charge on any atom is -0.380 e. The van der Waals surface area contributed by atoms with Crippen molar-refractivity contribution < 1.29 is 17.9 Å². The predicted octanol–water partition coefficient (Wildman–Crippen LogP) is 0.943. The molecule has 1 amide bonds. The van der Waals surface area contributed by atoms with Crippen LogP contribution in [0, 0.1) is 0 Å². The predicted molar refractivity (Wildman–Crippen MR) is 89.2 cm³/mol. The highest BCUT2D eigenvalue weighted by Gasteiger charge is 2.25. The molecule has 3 rings (SSSR count). The summed E-state index contributed by atoms with van der Waals surface area (Å²) in [6, 6.07) is 6.06. The highest BCUT2D eigenvalue weighted by atomic mass is 32.2. The number of hydrogen-bond acceptors (Lipinski definition) is 5. The van der Waals surface area contributed by atoms with E-state index in [1.54, 1.807) is 17.0 Å². The molecule has 2 aliphatic heterocycles. The summed E-state index contributed by atoms with van der Waals surface area (Å²) >= 11 is 1.82. The number of ether oxygens (including phenoxy) is 1. The van der Waals surface area contributed by atoms with Crippen LogP contribution >= 0.6 is 11.8 Å². The van der Waals surface area contributed by atoms with E-state index in [2.05, 4.69) is 4.72 Å². The van der Waals surface area contributed by atoms with E-state index in [0.717, 1.165) is 11.5 Å². The molecule has 2 saturated heterocycles. The zero-order chi connectivity index (χ0) is 16.3. The molecule has 0 spiro atoms. The first-order chi connectivity index (χ1) is 11.1. The van der Waals surface area contributed by atoms with Crippen molar-refractivity contribution >= 4 is 27.7 Å². The van der Waals surface area contributed by atoms with Crippen LogP contribution in [0.4, 0.5) is 0 Å². The summed E-state index contributed by atoms with van der Waals surface area (Å²) in [4.78, 5) is 14.4. The number of carbonyl (C=O) groups is 1. The van der Waals surface area contributed by atoms with E-state index in [1.165, 1.54) is 12.1 Å². The Hall–Kier alpha value is -1.09. The third-order valence-corrected chi connectivity index (χ3v) is 6.40. The molecule has 1 aromatic carbocycles. The van der Waals surface area contributed by atoms with Gasteiger partial charge in [0.2, 0.25) is 10.0 Å². The van der Waals surface area contributed by atoms with Gasteiger partial charge in [-0.2, -0.15) is 11.8 Å². The summed E-state index contributed by atoms with van der Waals surface area (Å²) in [6.07, 6.45) is 0.670. The van der Waals surface area contributed by atoms with E-state index in [1.807, 2.05) is 11.8 Å². The van der Waals surface area contributed by atoms with Gasteiger partial charge >= 0.3 is 0 Å². The number of nitrogens with one attached hydrogen (secondary N) is 1. The van der Waals surface area contributed by atoms with Gasteiger partial charge in [-0.3, -0.25) is 4.79 Å². The summed E-state index contributed by atoms with van der Waals surface area (Å²) in [6.45, 7) is 2.37. The van der Waals surface area contributed by atoms with Crippen molar-refractivity contribution in [3.63, 3.8) is 0 Å². The molecule has 1 aromatic rings. The molecule has 0 bridgehead atoms. The molecule has 8 heteroatoms. The molecular formula is C15H20N2O4S2. The van der Waals surface area contributed by atoms with Gasteiger partial charge in [0.05, 0.1) is 11.5 Å². The maximum absolute atomic E-state index is 12.5. The van der Waals surface area contributed by atoms with Crippen molar-refractivity contribution in [3.05, 3.63) is 29.8 Å². The minimum absolute atomic E-state index is 0.105. The first-order valence-electron chi connectivity index (χ1n) is 7.63. The molecule has 2 fully saturated rings.